The second-order valence-electron chi connectivity index (χ2n) is 6.37. The van der Waals surface area contributed by atoms with Gasteiger partial charge in [0.15, 0.2) is 5.78 Å². The molecule has 0 amide bonds. The third kappa shape index (κ3) is 3.43. The monoisotopic (exact) mass is 354 g/mol. The van der Waals surface area contributed by atoms with Crippen molar-refractivity contribution in [1.29, 1.82) is 0 Å². The number of rotatable bonds is 3. The number of aryl methyl sites for hydroxylation is 2. The molecule has 2 aromatic rings. The normalized spacial score (nSPS) is 17.0. The van der Waals surface area contributed by atoms with Gasteiger partial charge in [0.05, 0.1) is 5.56 Å². The van der Waals surface area contributed by atoms with Gasteiger partial charge < -0.3 is 0 Å². The van der Waals surface area contributed by atoms with Crippen LogP contribution in [-0.2, 0) is 19.0 Å². The van der Waals surface area contributed by atoms with Crippen LogP contribution in [0.1, 0.15) is 39.0 Å². The van der Waals surface area contributed by atoms with Crippen LogP contribution >= 0.6 is 0 Å². The van der Waals surface area contributed by atoms with Gasteiger partial charge >= 0.3 is 6.18 Å². The SMILES string of the molecule is Cc1ccc(CCC2Cc3cc(F)cc(C(F)(F)F)c3C2=O)cc1F. The number of fused-ring (bicyclic) bond motifs is 1. The van der Waals surface area contributed by atoms with Crippen molar-refractivity contribution in [3.8, 4) is 0 Å². The number of hydrogen-bond donors (Lipinski definition) is 0. The molecular formula is C19H15F5O. The van der Waals surface area contributed by atoms with Gasteiger partial charge in [0.1, 0.15) is 11.6 Å². The Labute approximate surface area is 141 Å². The van der Waals surface area contributed by atoms with Crippen LogP contribution in [0.3, 0.4) is 0 Å². The van der Waals surface area contributed by atoms with E-state index in [9.17, 15) is 26.7 Å². The van der Waals surface area contributed by atoms with Crippen LogP contribution in [0.15, 0.2) is 30.3 Å². The molecule has 1 aliphatic carbocycles. The number of hydrogen-bond acceptors (Lipinski definition) is 1. The number of benzene rings is 2. The van der Waals surface area contributed by atoms with Crippen molar-refractivity contribution in [3.05, 3.63) is 69.8 Å². The summed E-state index contributed by atoms with van der Waals surface area (Å²) in [7, 11) is 0. The Hall–Kier alpha value is -2.24. The van der Waals surface area contributed by atoms with E-state index in [4.69, 9.17) is 0 Å². The highest BCUT2D eigenvalue weighted by Gasteiger charge is 2.41. The second kappa shape index (κ2) is 6.24. The fraction of sp³-hybridized carbons (Fsp3) is 0.316. The van der Waals surface area contributed by atoms with Gasteiger partial charge in [0.2, 0.25) is 0 Å². The van der Waals surface area contributed by atoms with Crippen LogP contribution in [0.5, 0.6) is 0 Å². The predicted octanol–water partition coefficient (Wildman–Crippen LogP) is 5.28. The fourth-order valence-corrected chi connectivity index (χ4v) is 3.27. The third-order valence-corrected chi connectivity index (χ3v) is 4.59. The molecule has 0 heterocycles. The molecule has 25 heavy (non-hydrogen) atoms. The Morgan fingerprint density at radius 1 is 1.12 bits per heavy atom. The molecule has 132 valence electrons. The highest BCUT2D eigenvalue weighted by atomic mass is 19.4. The zero-order valence-corrected chi connectivity index (χ0v) is 13.4. The zero-order valence-electron chi connectivity index (χ0n) is 13.4. The molecular weight excluding hydrogens is 339 g/mol. The number of halogens is 5. The summed E-state index contributed by atoms with van der Waals surface area (Å²) in [6.45, 7) is 1.63. The third-order valence-electron chi connectivity index (χ3n) is 4.59. The van der Waals surface area contributed by atoms with Gasteiger partial charge in [-0.05, 0) is 61.1 Å². The minimum absolute atomic E-state index is 0.0728. The maximum atomic E-state index is 13.6. The van der Waals surface area contributed by atoms with Gasteiger partial charge in [0, 0.05) is 11.5 Å². The zero-order chi connectivity index (χ0) is 18.4. The summed E-state index contributed by atoms with van der Waals surface area (Å²) in [6, 6.07) is 6.07. The Morgan fingerprint density at radius 2 is 1.84 bits per heavy atom. The molecule has 0 N–H and O–H groups in total. The number of alkyl halides is 3. The van der Waals surface area contributed by atoms with E-state index in [-0.39, 0.29) is 24.2 Å². The minimum Gasteiger partial charge on any atom is -0.294 e. The smallest absolute Gasteiger partial charge is 0.294 e. The second-order valence-corrected chi connectivity index (χ2v) is 6.37. The van der Waals surface area contributed by atoms with Crippen molar-refractivity contribution in [2.75, 3.05) is 0 Å². The summed E-state index contributed by atoms with van der Waals surface area (Å²) in [5.41, 5.74) is -0.366. The molecule has 0 saturated carbocycles. The lowest BCUT2D eigenvalue weighted by Gasteiger charge is -2.12. The van der Waals surface area contributed by atoms with Gasteiger partial charge in [-0.15, -0.1) is 0 Å². The van der Waals surface area contributed by atoms with Crippen molar-refractivity contribution in [2.24, 2.45) is 5.92 Å². The van der Waals surface area contributed by atoms with E-state index in [0.717, 1.165) is 6.07 Å². The molecule has 0 radical (unpaired) electrons. The van der Waals surface area contributed by atoms with Crippen molar-refractivity contribution in [2.45, 2.75) is 32.4 Å². The standard InChI is InChI=1S/C19H15F5O/c1-10-2-3-11(6-16(10)21)4-5-12-7-13-8-14(20)9-15(19(22,23)24)17(13)18(12)25/h2-3,6,8-9,12H,4-5,7H2,1H3. The Balaban J connectivity index is 1.82. The van der Waals surface area contributed by atoms with Crippen LogP contribution in [0.2, 0.25) is 0 Å². The Kier molecular flexibility index (Phi) is 4.39. The number of carbonyl (C=O) groups excluding carboxylic acids is 1. The van der Waals surface area contributed by atoms with Gasteiger partial charge in [0.25, 0.3) is 0 Å². The molecule has 0 spiro atoms. The van der Waals surface area contributed by atoms with Gasteiger partial charge in [-0.2, -0.15) is 13.2 Å². The van der Waals surface area contributed by atoms with Crippen LogP contribution in [-0.4, -0.2) is 5.78 Å². The fourth-order valence-electron chi connectivity index (χ4n) is 3.27. The summed E-state index contributed by atoms with van der Waals surface area (Å²) in [5, 5.41) is 0. The first-order valence-corrected chi connectivity index (χ1v) is 7.85. The molecule has 1 unspecified atom stereocenters. The highest BCUT2D eigenvalue weighted by Crippen LogP contribution is 2.40. The lowest BCUT2D eigenvalue weighted by molar-refractivity contribution is -0.138. The highest BCUT2D eigenvalue weighted by molar-refractivity contribution is 6.03. The molecule has 1 nitrogen and oxygen atoms in total. The van der Waals surface area contributed by atoms with Crippen molar-refractivity contribution in [3.63, 3.8) is 0 Å². The number of ketones is 1. The van der Waals surface area contributed by atoms with Crippen molar-refractivity contribution >= 4 is 5.78 Å². The summed E-state index contributed by atoms with van der Waals surface area (Å²) in [5.74, 6) is -2.63. The average Bonchev–Trinajstić information content (AvgIpc) is 2.83. The van der Waals surface area contributed by atoms with Gasteiger partial charge in [-0.3, -0.25) is 4.79 Å². The largest absolute Gasteiger partial charge is 0.417 e. The maximum absolute atomic E-state index is 13.6. The first-order chi connectivity index (χ1) is 11.7. The van der Waals surface area contributed by atoms with Crippen LogP contribution in [0.25, 0.3) is 0 Å². The van der Waals surface area contributed by atoms with E-state index in [0.29, 0.717) is 23.6 Å². The molecule has 6 heteroatoms. The molecule has 0 aromatic heterocycles. The first-order valence-electron chi connectivity index (χ1n) is 7.85. The summed E-state index contributed by atoms with van der Waals surface area (Å²) in [4.78, 5) is 12.4. The molecule has 1 aliphatic rings. The topological polar surface area (TPSA) is 17.1 Å². The van der Waals surface area contributed by atoms with Crippen LogP contribution in [0, 0.1) is 24.5 Å². The molecule has 0 fully saturated rings. The number of Topliss-reactive ketones (excluding diaryl/α,β-unsaturated/α-hetero) is 1. The van der Waals surface area contributed by atoms with E-state index < -0.39 is 34.8 Å². The van der Waals surface area contributed by atoms with E-state index >= 15 is 0 Å². The van der Waals surface area contributed by atoms with E-state index in [2.05, 4.69) is 0 Å². The van der Waals surface area contributed by atoms with Crippen molar-refractivity contribution < 1.29 is 26.7 Å². The molecule has 0 saturated heterocycles. The summed E-state index contributed by atoms with van der Waals surface area (Å²) in [6.07, 6.45) is -4.06. The Bertz CT molecular complexity index is 838. The summed E-state index contributed by atoms with van der Waals surface area (Å²) < 4.78 is 66.3. The molecule has 0 aliphatic heterocycles. The minimum atomic E-state index is -4.78. The van der Waals surface area contributed by atoms with Gasteiger partial charge in [-0.25, -0.2) is 8.78 Å². The van der Waals surface area contributed by atoms with E-state index in [1.165, 1.54) is 6.07 Å². The number of carbonyl (C=O) groups is 1. The molecule has 0 bridgehead atoms. The molecule has 3 rings (SSSR count). The van der Waals surface area contributed by atoms with Gasteiger partial charge in [-0.1, -0.05) is 12.1 Å². The average molecular weight is 354 g/mol. The molecule has 2 aromatic carbocycles. The van der Waals surface area contributed by atoms with E-state index in [1.54, 1.807) is 19.1 Å². The van der Waals surface area contributed by atoms with Crippen LogP contribution in [0.4, 0.5) is 22.0 Å². The van der Waals surface area contributed by atoms with Crippen molar-refractivity contribution in [1.82, 2.24) is 0 Å². The van der Waals surface area contributed by atoms with E-state index in [1.807, 2.05) is 0 Å². The maximum Gasteiger partial charge on any atom is 0.417 e. The Morgan fingerprint density at radius 3 is 2.48 bits per heavy atom. The molecule has 1 atom stereocenters. The lowest BCUT2D eigenvalue weighted by Crippen LogP contribution is -2.15. The van der Waals surface area contributed by atoms with Crippen LogP contribution < -0.4 is 0 Å². The quantitative estimate of drug-likeness (QED) is 0.686. The predicted molar refractivity (Wildman–Crippen MR) is 82.4 cm³/mol. The lowest BCUT2D eigenvalue weighted by atomic mass is 9.95. The summed E-state index contributed by atoms with van der Waals surface area (Å²) >= 11 is 0. The first kappa shape index (κ1) is 17.6.